The van der Waals surface area contributed by atoms with Crippen LogP contribution in [0.3, 0.4) is 0 Å². The van der Waals surface area contributed by atoms with E-state index in [0.29, 0.717) is 18.4 Å². The third-order valence-corrected chi connectivity index (χ3v) is 1.85. The number of benzene rings is 1. The van der Waals surface area contributed by atoms with Crippen LogP contribution in [0, 0.1) is 17.1 Å². The molecule has 0 bridgehead atoms. The first kappa shape index (κ1) is 9.69. The average molecular weight is 178 g/mol. The van der Waals surface area contributed by atoms with Crippen molar-refractivity contribution in [3.05, 3.63) is 35.6 Å². The molecule has 0 aliphatic heterocycles. The van der Waals surface area contributed by atoms with Gasteiger partial charge in [0.15, 0.2) is 0 Å². The molecular formula is C10H11FN2. The molecule has 1 unspecified atom stereocenters. The first-order valence-electron chi connectivity index (χ1n) is 4.12. The molecule has 0 fully saturated rings. The Hall–Kier alpha value is -1.40. The summed E-state index contributed by atoms with van der Waals surface area (Å²) in [4.78, 5) is 0. The molecule has 0 aliphatic rings. The molecule has 3 heteroatoms. The number of aryl methyl sites for hydroxylation is 1. The SMILES string of the molecule is N#CC(N)CCc1ccccc1F. The molecule has 0 heterocycles. The maximum Gasteiger partial charge on any atom is 0.126 e. The molecule has 1 atom stereocenters. The lowest BCUT2D eigenvalue weighted by atomic mass is 10.1. The summed E-state index contributed by atoms with van der Waals surface area (Å²) >= 11 is 0. The first-order valence-corrected chi connectivity index (χ1v) is 4.12. The molecule has 0 amide bonds. The fourth-order valence-corrected chi connectivity index (χ4v) is 1.08. The highest BCUT2D eigenvalue weighted by Crippen LogP contribution is 2.09. The number of halogens is 1. The molecule has 0 aromatic heterocycles. The third-order valence-electron chi connectivity index (χ3n) is 1.85. The van der Waals surface area contributed by atoms with Crippen LogP contribution in [0.1, 0.15) is 12.0 Å². The molecule has 2 N–H and O–H groups in total. The number of nitriles is 1. The molecule has 0 spiro atoms. The van der Waals surface area contributed by atoms with E-state index in [-0.39, 0.29) is 5.82 Å². The van der Waals surface area contributed by atoms with Gasteiger partial charge in [0.2, 0.25) is 0 Å². The van der Waals surface area contributed by atoms with Crippen molar-refractivity contribution in [1.29, 1.82) is 5.26 Å². The summed E-state index contributed by atoms with van der Waals surface area (Å²) < 4.78 is 13.0. The summed E-state index contributed by atoms with van der Waals surface area (Å²) in [5.74, 6) is -0.229. The van der Waals surface area contributed by atoms with Gasteiger partial charge < -0.3 is 5.73 Å². The fraction of sp³-hybridized carbons (Fsp3) is 0.300. The molecule has 0 saturated carbocycles. The highest BCUT2D eigenvalue weighted by molar-refractivity contribution is 5.17. The van der Waals surface area contributed by atoms with Gasteiger partial charge in [-0.1, -0.05) is 18.2 Å². The number of hydrogen-bond donors (Lipinski definition) is 1. The largest absolute Gasteiger partial charge is 0.316 e. The van der Waals surface area contributed by atoms with Gasteiger partial charge in [-0.05, 0) is 24.5 Å². The Morgan fingerprint density at radius 2 is 2.15 bits per heavy atom. The van der Waals surface area contributed by atoms with Crippen molar-refractivity contribution in [1.82, 2.24) is 0 Å². The maximum absolute atomic E-state index is 13.0. The first-order chi connectivity index (χ1) is 6.24. The van der Waals surface area contributed by atoms with Crippen molar-refractivity contribution in [2.75, 3.05) is 0 Å². The minimum absolute atomic E-state index is 0.229. The van der Waals surface area contributed by atoms with Crippen LogP contribution in [0.5, 0.6) is 0 Å². The molecule has 1 rings (SSSR count). The Morgan fingerprint density at radius 3 is 2.77 bits per heavy atom. The molecule has 0 aliphatic carbocycles. The van der Waals surface area contributed by atoms with E-state index in [1.807, 2.05) is 6.07 Å². The Morgan fingerprint density at radius 1 is 1.46 bits per heavy atom. The van der Waals surface area contributed by atoms with Crippen LogP contribution in [-0.4, -0.2) is 6.04 Å². The molecule has 2 nitrogen and oxygen atoms in total. The summed E-state index contributed by atoms with van der Waals surface area (Å²) in [6.07, 6.45) is 1.01. The minimum atomic E-state index is -0.500. The Kier molecular flexibility index (Phi) is 3.41. The van der Waals surface area contributed by atoms with Crippen molar-refractivity contribution in [3.8, 4) is 6.07 Å². The quantitative estimate of drug-likeness (QED) is 0.764. The molecule has 1 aromatic rings. The Balaban J connectivity index is 2.56. The van der Waals surface area contributed by atoms with Crippen molar-refractivity contribution < 1.29 is 4.39 Å². The third kappa shape index (κ3) is 2.85. The number of hydrogen-bond acceptors (Lipinski definition) is 2. The second-order valence-corrected chi connectivity index (χ2v) is 2.87. The summed E-state index contributed by atoms with van der Waals surface area (Å²) in [6.45, 7) is 0. The van der Waals surface area contributed by atoms with E-state index in [9.17, 15) is 4.39 Å². The highest BCUT2D eigenvalue weighted by atomic mass is 19.1. The number of nitrogens with zero attached hydrogens (tertiary/aromatic N) is 1. The van der Waals surface area contributed by atoms with E-state index >= 15 is 0 Å². The summed E-state index contributed by atoms with van der Waals surface area (Å²) in [5.41, 5.74) is 6.01. The monoisotopic (exact) mass is 178 g/mol. The molecule has 68 valence electrons. The predicted octanol–water partition coefficient (Wildman–Crippen LogP) is 1.61. The van der Waals surface area contributed by atoms with Crippen LogP contribution in [0.4, 0.5) is 4.39 Å². The van der Waals surface area contributed by atoms with E-state index in [1.54, 1.807) is 18.2 Å². The van der Waals surface area contributed by atoms with Gasteiger partial charge in [-0.15, -0.1) is 0 Å². The zero-order valence-corrected chi connectivity index (χ0v) is 7.20. The van der Waals surface area contributed by atoms with Crippen molar-refractivity contribution in [2.24, 2.45) is 5.73 Å². The zero-order chi connectivity index (χ0) is 9.68. The van der Waals surface area contributed by atoms with E-state index in [2.05, 4.69) is 0 Å². The van der Waals surface area contributed by atoms with Gasteiger partial charge >= 0.3 is 0 Å². The Labute approximate surface area is 76.8 Å². The van der Waals surface area contributed by atoms with Crippen molar-refractivity contribution in [3.63, 3.8) is 0 Å². The van der Waals surface area contributed by atoms with Gasteiger partial charge in [-0.25, -0.2) is 4.39 Å². The maximum atomic E-state index is 13.0. The standard InChI is InChI=1S/C10H11FN2/c11-10-4-2-1-3-8(10)5-6-9(13)7-12/h1-4,9H,5-6,13H2. The van der Waals surface area contributed by atoms with Crippen molar-refractivity contribution >= 4 is 0 Å². The second-order valence-electron chi connectivity index (χ2n) is 2.87. The van der Waals surface area contributed by atoms with Crippen LogP contribution in [0.25, 0.3) is 0 Å². The summed E-state index contributed by atoms with van der Waals surface area (Å²) in [7, 11) is 0. The van der Waals surface area contributed by atoms with E-state index < -0.39 is 6.04 Å². The molecular weight excluding hydrogens is 167 g/mol. The van der Waals surface area contributed by atoms with Gasteiger partial charge in [-0.2, -0.15) is 5.26 Å². The lowest BCUT2D eigenvalue weighted by Crippen LogP contribution is -2.17. The van der Waals surface area contributed by atoms with E-state index in [0.717, 1.165) is 0 Å². The van der Waals surface area contributed by atoms with Crippen molar-refractivity contribution in [2.45, 2.75) is 18.9 Å². The summed E-state index contributed by atoms with van der Waals surface area (Å²) in [5, 5.41) is 8.41. The predicted molar refractivity (Wildman–Crippen MR) is 48.3 cm³/mol. The molecule has 1 aromatic carbocycles. The van der Waals surface area contributed by atoms with Gasteiger partial charge in [0.05, 0.1) is 12.1 Å². The smallest absolute Gasteiger partial charge is 0.126 e. The van der Waals surface area contributed by atoms with Gasteiger partial charge in [-0.3, -0.25) is 0 Å². The number of rotatable bonds is 3. The minimum Gasteiger partial charge on any atom is -0.316 e. The zero-order valence-electron chi connectivity index (χ0n) is 7.20. The van der Waals surface area contributed by atoms with Gasteiger partial charge in [0.1, 0.15) is 5.82 Å². The average Bonchev–Trinajstić information content (AvgIpc) is 2.16. The van der Waals surface area contributed by atoms with E-state index in [1.165, 1.54) is 6.07 Å². The normalized spacial score (nSPS) is 12.1. The second kappa shape index (κ2) is 4.58. The van der Waals surface area contributed by atoms with Crippen LogP contribution >= 0.6 is 0 Å². The highest BCUT2D eigenvalue weighted by Gasteiger charge is 2.03. The van der Waals surface area contributed by atoms with Crippen LogP contribution in [0.2, 0.25) is 0 Å². The Bertz CT molecular complexity index is 317. The van der Waals surface area contributed by atoms with E-state index in [4.69, 9.17) is 11.0 Å². The van der Waals surface area contributed by atoms with Crippen LogP contribution < -0.4 is 5.73 Å². The van der Waals surface area contributed by atoms with Crippen LogP contribution in [0.15, 0.2) is 24.3 Å². The lowest BCUT2D eigenvalue weighted by Gasteiger charge is -2.03. The molecule has 0 radical (unpaired) electrons. The van der Waals surface area contributed by atoms with Crippen LogP contribution in [-0.2, 0) is 6.42 Å². The fourth-order valence-electron chi connectivity index (χ4n) is 1.08. The molecule has 0 saturated heterocycles. The number of nitrogens with two attached hydrogens (primary N) is 1. The molecule has 13 heavy (non-hydrogen) atoms. The summed E-state index contributed by atoms with van der Waals surface area (Å²) in [6, 6.07) is 7.94. The lowest BCUT2D eigenvalue weighted by molar-refractivity contribution is 0.599. The van der Waals surface area contributed by atoms with Gasteiger partial charge in [0, 0.05) is 0 Å². The topological polar surface area (TPSA) is 49.8 Å². The van der Waals surface area contributed by atoms with Gasteiger partial charge in [0.25, 0.3) is 0 Å².